The van der Waals surface area contributed by atoms with Crippen molar-refractivity contribution in [1.29, 1.82) is 0 Å². The van der Waals surface area contributed by atoms with Gasteiger partial charge in [0, 0.05) is 31.2 Å². The van der Waals surface area contributed by atoms with Gasteiger partial charge >= 0.3 is 0 Å². The van der Waals surface area contributed by atoms with Crippen LogP contribution >= 0.6 is 0 Å². The van der Waals surface area contributed by atoms with E-state index in [0.29, 0.717) is 0 Å². The highest BCUT2D eigenvalue weighted by Gasteiger charge is 2.33. The van der Waals surface area contributed by atoms with Crippen LogP contribution in [-0.4, -0.2) is 29.8 Å². The molecule has 2 rings (SSSR count). The van der Waals surface area contributed by atoms with Crippen LogP contribution in [0, 0.1) is 26.2 Å². The quantitative estimate of drug-likeness (QED) is 0.871. The summed E-state index contributed by atoms with van der Waals surface area (Å²) in [6.07, 6.45) is 1.04. The Balaban J connectivity index is 2.31. The number of carbonyl (C=O) groups excluding carboxylic acids is 1. The molecule has 0 aliphatic carbocycles. The zero-order valence-corrected chi connectivity index (χ0v) is 14.9. The second kappa shape index (κ2) is 6.13. The van der Waals surface area contributed by atoms with Gasteiger partial charge in [0.1, 0.15) is 0 Å². The van der Waals surface area contributed by atoms with Crippen molar-refractivity contribution >= 4 is 5.78 Å². The van der Waals surface area contributed by atoms with Crippen LogP contribution in [0.15, 0.2) is 6.07 Å². The molecular weight excluding hydrogens is 272 g/mol. The van der Waals surface area contributed by atoms with Crippen LogP contribution in [0.5, 0.6) is 0 Å². The first-order valence-corrected chi connectivity index (χ1v) is 8.22. The van der Waals surface area contributed by atoms with E-state index < -0.39 is 0 Å². The topological polar surface area (TPSA) is 46.3 Å². The summed E-state index contributed by atoms with van der Waals surface area (Å²) in [4.78, 5) is 14.4. The number of aryl methyl sites for hydroxylation is 2. The number of benzene rings is 1. The van der Waals surface area contributed by atoms with E-state index in [1.54, 1.807) is 6.92 Å². The fraction of sp³-hybridized carbons (Fsp3) is 0.632. The number of hydrogen-bond acceptors (Lipinski definition) is 3. The third-order valence-electron chi connectivity index (χ3n) is 5.26. The molecule has 0 aromatic heterocycles. The molecule has 0 amide bonds. The number of hydrogen-bond donors (Lipinski definition) is 1. The molecule has 0 bridgehead atoms. The number of nitrogens with zero attached hydrogens (tertiary/aromatic N) is 1. The molecule has 22 heavy (non-hydrogen) atoms. The predicted octanol–water partition coefficient (Wildman–Crippen LogP) is 3.37. The molecule has 0 radical (unpaired) electrons. The minimum atomic E-state index is 0.147. The SMILES string of the molecule is CC(=O)c1c(C)cc(C)c(CN2CCC(N)C(C)(C)C2)c1C. The lowest BCUT2D eigenvalue weighted by atomic mass is 9.79. The Hall–Kier alpha value is -1.19. The van der Waals surface area contributed by atoms with Crippen molar-refractivity contribution in [1.82, 2.24) is 4.90 Å². The third-order valence-corrected chi connectivity index (χ3v) is 5.26. The maximum atomic E-state index is 12.0. The van der Waals surface area contributed by atoms with E-state index in [1.807, 2.05) is 6.92 Å². The molecule has 1 fully saturated rings. The number of piperidine rings is 1. The zero-order chi connectivity index (χ0) is 16.7. The molecule has 1 atom stereocenters. The number of nitrogens with two attached hydrogens (primary N) is 1. The highest BCUT2D eigenvalue weighted by molar-refractivity contribution is 5.97. The van der Waals surface area contributed by atoms with Crippen molar-refractivity contribution in [3.05, 3.63) is 33.9 Å². The van der Waals surface area contributed by atoms with Crippen LogP contribution in [0.3, 0.4) is 0 Å². The van der Waals surface area contributed by atoms with Gasteiger partial charge in [-0.15, -0.1) is 0 Å². The molecule has 2 N–H and O–H groups in total. The summed E-state index contributed by atoms with van der Waals surface area (Å²) in [6, 6.07) is 2.43. The maximum Gasteiger partial charge on any atom is 0.160 e. The lowest BCUT2D eigenvalue weighted by molar-refractivity contribution is 0.0894. The van der Waals surface area contributed by atoms with Gasteiger partial charge in [-0.05, 0) is 61.8 Å². The van der Waals surface area contributed by atoms with Gasteiger partial charge < -0.3 is 5.73 Å². The van der Waals surface area contributed by atoms with Crippen LogP contribution in [0.4, 0.5) is 0 Å². The fourth-order valence-electron chi connectivity index (χ4n) is 3.86. The van der Waals surface area contributed by atoms with E-state index >= 15 is 0 Å². The summed E-state index contributed by atoms with van der Waals surface area (Å²) in [6.45, 7) is 15.4. The van der Waals surface area contributed by atoms with Crippen LogP contribution in [0.25, 0.3) is 0 Å². The molecule has 1 heterocycles. The predicted molar refractivity (Wildman–Crippen MR) is 92.3 cm³/mol. The van der Waals surface area contributed by atoms with E-state index in [0.717, 1.165) is 42.7 Å². The van der Waals surface area contributed by atoms with E-state index in [4.69, 9.17) is 5.73 Å². The van der Waals surface area contributed by atoms with Crippen molar-refractivity contribution in [3.8, 4) is 0 Å². The van der Waals surface area contributed by atoms with Crippen molar-refractivity contribution in [2.75, 3.05) is 13.1 Å². The first-order valence-electron chi connectivity index (χ1n) is 8.22. The Kier molecular flexibility index (Phi) is 4.78. The molecule has 1 aromatic carbocycles. The smallest absolute Gasteiger partial charge is 0.160 e. The Morgan fingerprint density at radius 2 is 1.95 bits per heavy atom. The van der Waals surface area contributed by atoms with Gasteiger partial charge in [-0.3, -0.25) is 9.69 Å². The average molecular weight is 302 g/mol. The van der Waals surface area contributed by atoms with Crippen molar-refractivity contribution in [3.63, 3.8) is 0 Å². The summed E-state index contributed by atoms with van der Waals surface area (Å²) in [5, 5.41) is 0. The molecule has 1 saturated heterocycles. The molecule has 3 heteroatoms. The number of carbonyl (C=O) groups is 1. The number of ketones is 1. The molecule has 1 unspecified atom stereocenters. The molecule has 0 spiro atoms. The lowest BCUT2D eigenvalue weighted by Gasteiger charge is -2.43. The maximum absolute atomic E-state index is 12.0. The first-order chi connectivity index (χ1) is 10.1. The molecule has 0 saturated carbocycles. The first kappa shape index (κ1) is 17.2. The summed E-state index contributed by atoms with van der Waals surface area (Å²) in [7, 11) is 0. The van der Waals surface area contributed by atoms with Gasteiger partial charge in [-0.25, -0.2) is 0 Å². The molecule has 3 nitrogen and oxygen atoms in total. The Bertz CT molecular complexity index is 590. The summed E-state index contributed by atoms with van der Waals surface area (Å²) in [5.41, 5.74) is 12.1. The molecule has 1 aromatic rings. The third kappa shape index (κ3) is 3.26. The minimum absolute atomic E-state index is 0.147. The molecular formula is C19H30N2O. The highest BCUT2D eigenvalue weighted by Crippen LogP contribution is 2.30. The average Bonchev–Trinajstić information content (AvgIpc) is 2.37. The van der Waals surface area contributed by atoms with Gasteiger partial charge in [0.05, 0.1) is 0 Å². The van der Waals surface area contributed by atoms with E-state index in [2.05, 4.69) is 38.7 Å². The van der Waals surface area contributed by atoms with Crippen molar-refractivity contribution in [2.24, 2.45) is 11.1 Å². The van der Waals surface area contributed by atoms with Gasteiger partial charge in [-0.1, -0.05) is 19.9 Å². The van der Waals surface area contributed by atoms with Gasteiger partial charge in [0.15, 0.2) is 5.78 Å². The lowest BCUT2D eigenvalue weighted by Crippen LogP contribution is -2.52. The summed E-state index contributed by atoms with van der Waals surface area (Å²) < 4.78 is 0. The standard InChI is InChI=1S/C19H30N2O/c1-12-9-13(2)18(15(4)22)14(3)16(12)10-21-8-7-17(20)19(5,6)11-21/h9,17H,7-8,10-11,20H2,1-6H3. The minimum Gasteiger partial charge on any atom is -0.327 e. The fourth-order valence-corrected chi connectivity index (χ4v) is 3.86. The Morgan fingerprint density at radius 1 is 1.32 bits per heavy atom. The van der Waals surface area contributed by atoms with Crippen LogP contribution in [0.1, 0.15) is 59.8 Å². The molecule has 122 valence electrons. The van der Waals surface area contributed by atoms with E-state index in [9.17, 15) is 4.79 Å². The van der Waals surface area contributed by atoms with Gasteiger partial charge in [0.25, 0.3) is 0 Å². The van der Waals surface area contributed by atoms with Crippen LogP contribution < -0.4 is 5.73 Å². The second-order valence-corrected chi connectivity index (χ2v) is 7.64. The number of Topliss-reactive ketones (excluding diaryl/α,β-unsaturated/α-hetero) is 1. The number of rotatable bonds is 3. The van der Waals surface area contributed by atoms with Crippen molar-refractivity contribution < 1.29 is 4.79 Å². The van der Waals surface area contributed by atoms with E-state index in [-0.39, 0.29) is 17.2 Å². The largest absolute Gasteiger partial charge is 0.327 e. The second-order valence-electron chi connectivity index (χ2n) is 7.64. The van der Waals surface area contributed by atoms with Gasteiger partial charge in [0.2, 0.25) is 0 Å². The monoisotopic (exact) mass is 302 g/mol. The highest BCUT2D eigenvalue weighted by atomic mass is 16.1. The molecule has 1 aliphatic heterocycles. The van der Waals surface area contributed by atoms with Crippen LogP contribution in [0.2, 0.25) is 0 Å². The Morgan fingerprint density at radius 3 is 2.50 bits per heavy atom. The molecule has 1 aliphatic rings. The van der Waals surface area contributed by atoms with Gasteiger partial charge in [-0.2, -0.15) is 0 Å². The van der Waals surface area contributed by atoms with Crippen molar-refractivity contribution in [2.45, 2.75) is 60.5 Å². The van der Waals surface area contributed by atoms with Crippen LogP contribution in [-0.2, 0) is 6.54 Å². The Labute approximate surface area is 134 Å². The zero-order valence-electron chi connectivity index (χ0n) is 14.9. The summed E-state index contributed by atoms with van der Waals surface area (Å²) >= 11 is 0. The number of likely N-dealkylation sites (tertiary alicyclic amines) is 1. The van der Waals surface area contributed by atoms with E-state index in [1.165, 1.54) is 11.1 Å². The normalized spacial score (nSPS) is 21.9. The summed E-state index contributed by atoms with van der Waals surface area (Å²) in [5.74, 6) is 0.164.